The van der Waals surface area contributed by atoms with Crippen molar-refractivity contribution < 1.29 is 8.42 Å². The predicted molar refractivity (Wildman–Crippen MR) is 82.9 cm³/mol. The summed E-state index contributed by atoms with van der Waals surface area (Å²) in [5, 5.41) is 2.25. The highest BCUT2D eigenvalue weighted by Gasteiger charge is 2.20. The van der Waals surface area contributed by atoms with E-state index in [9.17, 15) is 8.42 Å². The van der Waals surface area contributed by atoms with E-state index in [-0.39, 0.29) is 15.8 Å². The van der Waals surface area contributed by atoms with Gasteiger partial charge in [-0.3, -0.25) is 4.72 Å². The van der Waals surface area contributed by atoms with Gasteiger partial charge in [-0.05, 0) is 24.1 Å². The Labute approximate surface area is 126 Å². The summed E-state index contributed by atoms with van der Waals surface area (Å²) in [6.07, 6.45) is 0. The van der Waals surface area contributed by atoms with Crippen LogP contribution in [0, 0.1) is 0 Å². The summed E-state index contributed by atoms with van der Waals surface area (Å²) in [7, 11) is -3.79. The molecule has 2 rings (SSSR count). The molecule has 0 saturated heterocycles. The molecule has 0 fully saturated rings. The van der Waals surface area contributed by atoms with Crippen molar-refractivity contribution in [3.8, 4) is 0 Å². The summed E-state index contributed by atoms with van der Waals surface area (Å²) in [6, 6.07) is 4.32. The summed E-state index contributed by atoms with van der Waals surface area (Å²) in [5.74, 6) is 0.237. The first-order chi connectivity index (χ1) is 9.29. The first kappa shape index (κ1) is 15.1. The smallest absolute Gasteiger partial charge is 0.265 e. The molecule has 1 aromatic carbocycles. The zero-order chi connectivity index (χ0) is 14.9. The Morgan fingerprint density at radius 2 is 2.10 bits per heavy atom. The number of nitrogens with zero attached hydrogens (tertiary/aromatic N) is 1. The second-order valence-corrected chi connectivity index (χ2v) is 7.44. The van der Waals surface area contributed by atoms with Crippen LogP contribution >= 0.6 is 22.9 Å². The molecule has 0 unspecified atom stereocenters. The number of rotatable bonds is 4. The van der Waals surface area contributed by atoms with Crippen LogP contribution in [0.5, 0.6) is 0 Å². The van der Waals surface area contributed by atoms with Crippen LogP contribution in [0.1, 0.15) is 25.5 Å². The zero-order valence-corrected chi connectivity index (χ0v) is 13.3. The highest BCUT2D eigenvalue weighted by molar-refractivity contribution is 7.93. The van der Waals surface area contributed by atoms with E-state index >= 15 is 0 Å². The Bertz CT molecular complexity index is 726. The number of halogens is 1. The lowest BCUT2D eigenvalue weighted by atomic mass is 10.2. The number of sulfonamides is 1. The molecule has 0 saturated carbocycles. The summed E-state index contributed by atoms with van der Waals surface area (Å²) < 4.78 is 27.0. The molecule has 1 heterocycles. The highest BCUT2D eigenvalue weighted by atomic mass is 35.5. The van der Waals surface area contributed by atoms with Crippen LogP contribution in [0.4, 0.5) is 10.8 Å². The van der Waals surface area contributed by atoms with E-state index in [0.29, 0.717) is 10.8 Å². The first-order valence-electron chi connectivity index (χ1n) is 5.83. The van der Waals surface area contributed by atoms with Crippen molar-refractivity contribution in [2.24, 2.45) is 0 Å². The highest BCUT2D eigenvalue weighted by Crippen LogP contribution is 2.28. The van der Waals surface area contributed by atoms with Gasteiger partial charge in [-0.15, -0.1) is 11.3 Å². The lowest BCUT2D eigenvalue weighted by Crippen LogP contribution is -2.13. The fraction of sp³-hybridized carbons (Fsp3) is 0.250. The van der Waals surface area contributed by atoms with Gasteiger partial charge < -0.3 is 5.73 Å². The minimum absolute atomic E-state index is 0.0551. The normalized spacial score (nSPS) is 11.8. The van der Waals surface area contributed by atoms with Gasteiger partial charge in [-0.2, -0.15) is 0 Å². The molecule has 0 aliphatic heterocycles. The molecule has 0 bridgehead atoms. The lowest BCUT2D eigenvalue weighted by molar-refractivity contribution is 0.601. The van der Waals surface area contributed by atoms with Gasteiger partial charge in [0.2, 0.25) is 0 Å². The maximum absolute atomic E-state index is 12.3. The number of aromatic nitrogens is 1. The topological polar surface area (TPSA) is 85.1 Å². The van der Waals surface area contributed by atoms with Crippen LogP contribution in [0.25, 0.3) is 0 Å². The molecule has 0 radical (unpaired) electrons. The molecule has 20 heavy (non-hydrogen) atoms. The fourth-order valence-corrected chi connectivity index (χ4v) is 4.15. The van der Waals surface area contributed by atoms with E-state index in [2.05, 4.69) is 9.71 Å². The van der Waals surface area contributed by atoms with Gasteiger partial charge in [0, 0.05) is 11.1 Å². The summed E-state index contributed by atoms with van der Waals surface area (Å²) >= 11 is 7.14. The first-order valence-corrected chi connectivity index (χ1v) is 8.57. The van der Waals surface area contributed by atoms with Crippen molar-refractivity contribution in [2.45, 2.75) is 24.7 Å². The predicted octanol–water partition coefficient (Wildman–Crippen LogP) is 3.30. The number of nitrogens with two attached hydrogens (primary N) is 1. The average Bonchev–Trinajstić information content (AvgIpc) is 2.80. The SMILES string of the molecule is CC(C)c1csc(NS(=O)(=O)c2cc(N)ccc2Cl)n1. The average molecular weight is 332 g/mol. The number of hydrogen-bond acceptors (Lipinski definition) is 5. The van der Waals surface area contributed by atoms with Crippen LogP contribution < -0.4 is 10.5 Å². The van der Waals surface area contributed by atoms with Crippen LogP contribution in [-0.4, -0.2) is 13.4 Å². The molecule has 8 heteroatoms. The fourth-order valence-electron chi connectivity index (χ4n) is 1.49. The second kappa shape index (κ2) is 5.59. The molecular weight excluding hydrogens is 318 g/mol. The van der Waals surface area contributed by atoms with E-state index < -0.39 is 10.0 Å². The van der Waals surface area contributed by atoms with E-state index in [1.165, 1.54) is 23.5 Å². The molecule has 0 aliphatic carbocycles. The van der Waals surface area contributed by atoms with Gasteiger partial charge in [-0.25, -0.2) is 13.4 Å². The van der Waals surface area contributed by atoms with Crippen molar-refractivity contribution in [3.63, 3.8) is 0 Å². The molecule has 0 atom stereocenters. The maximum atomic E-state index is 12.3. The minimum atomic E-state index is -3.79. The molecule has 0 aliphatic rings. The summed E-state index contributed by atoms with van der Waals surface area (Å²) in [5.41, 5.74) is 6.77. The number of benzene rings is 1. The number of thiazole rings is 1. The van der Waals surface area contributed by atoms with Crippen molar-refractivity contribution in [1.82, 2.24) is 4.98 Å². The third-order valence-electron chi connectivity index (χ3n) is 2.58. The largest absolute Gasteiger partial charge is 0.399 e. The van der Waals surface area contributed by atoms with Crippen molar-refractivity contribution >= 4 is 43.8 Å². The van der Waals surface area contributed by atoms with Gasteiger partial charge in [0.1, 0.15) is 4.90 Å². The third-order valence-corrected chi connectivity index (χ3v) is 5.31. The molecule has 3 N–H and O–H groups in total. The van der Waals surface area contributed by atoms with Gasteiger partial charge >= 0.3 is 0 Å². The van der Waals surface area contributed by atoms with Crippen molar-refractivity contribution in [3.05, 3.63) is 34.3 Å². The Kier molecular flexibility index (Phi) is 4.22. The Morgan fingerprint density at radius 1 is 1.40 bits per heavy atom. The Morgan fingerprint density at radius 3 is 2.70 bits per heavy atom. The maximum Gasteiger partial charge on any atom is 0.265 e. The summed E-state index contributed by atoms with van der Waals surface area (Å²) in [4.78, 5) is 4.17. The number of nitrogen functional groups attached to an aromatic ring is 1. The van der Waals surface area contributed by atoms with Crippen molar-refractivity contribution in [1.29, 1.82) is 0 Å². The Hall–Kier alpha value is -1.31. The van der Waals surface area contributed by atoms with E-state index in [0.717, 1.165) is 5.69 Å². The second-order valence-electron chi connectivity index (χ2n) is 4.53. The molecule has 0 amide bonds. The lowest BCUT2D eigenvalue weighted by Gasteiger charge is -2.08. The molecule has 2 aromatic rings. The van der Waals surface area contributed by atoms with E-state index in [4.69, 9.17) is 17.3 Å². The van der Waals surface area contributed by atoms with Crippen LogP contribution in [0.15, 0.2) is 28.5 Å². The van der Waals surface area contributed by atoms with Crippen LogP contribution in [-0.2, 0) is 10.0 Å². The van der Waals surface area contributed by atoms with Gasteiger partial charge in [0.15, 0.2) is 5.13 Å². The molecule has 5 nitrogen and oxygen atoms in total. The van der Waals surface area contributed by atoms with Crippen molar-refractivity contribution in [2.75, 3.05) is 10.5 Å². The standard InChI is InChI=1S/C12H14ClN3O2S2/c1-7(2)10-6-19-12(15-10)16-20(17,18)11-5-8(14)3-4-9(11)13/h3-7H,14H2,1-2H3,(H,15,16). The summed E-state index contributed by atoms with van der Waals surface area (Å²) in [6.45, 7) is 3.98. The van der Waals surface area contributed by atoms with Gasteiger partial charge in [0.25, 0.3) is 10.0 Å². The van der Waals surface area contributed by atoms with Gasteiger partial charge in [0.05, 0.1) is 10.7 Å². The van der Waals surface area contributed by atoms with Crippen LogP contribution in [0.2, 0.25) is 5.02 Å². The monoisotopic (exact) mass is 331 g/mol. The molecule has 108 valence electrons. The van der Waals surface area contributed by atoms with E-state index in [1.54, 1.807) is 6.07 Å². The number of nitrogens with one attached hydrogen (secondary N) is 1. The molecule has 0 spiro atoms. The number of hydrogen-bond donors (Lipinski definition) is 2. The minimum Gasteiger partial charge on any atom is -0.399 e. The number of anilines is 2. The van der Waals surface area contributed by atoms with Gasteiger partial charge in [-0.1, -0.05) is 25.4 Å². The molecular formula is C12H14ClN3O2S2. The quantitative estimate of drug-likeness (QED) is 0.842. The third kappa shape index (κ3) is 3.23. The molecule has 1 aromatic heterocycles. The van der Waals surface area contributed by atoms with E-state index in [1.807, 2.05) is 19.2 Å². The Balaban J connectivity index is 2.33. The zero-order valence-electron chi connectivity index (χ0n) is 10.9. The van der Waals surface area contributed by atoms with Crippen LogP contribution in [0.3, 0.4) is 0 Å².